The van der Waals surface area contributed by atoms with Gasteiger partial charge in [0, 0.05) is 6.42 Å². The summed E-state index contributed by atoms with van der Waals surface area (Å²) in [7, 11) is 0. The topological polar surface area (TPSA) is 79.5 Å². The molecule has 0 bridgehead atoms. The van der Waals surface area contributed by atoms with E-state index in [0.29, 0.717) is 12.8 Å². The number of amides is 1. The highest BCUT2D eigenvalue weighted by molar-refractivity contribution is 5.86. The maximum Gasteiger partial charge on any atom is 0.329 e. The molecule has 0 saturated heterocycles. The van der Waals surface area contributed by atoms with E-state index in [1.807, 2.05) is 0 Å². The van der Waals surface area contributed by atoms with Crippen LogP contribution in [-0.4, -0.2) is 22.5 Å². The Kier molecular flexibility index (Phi) is 4.31. The first kappa shape index (κ1) is 13.3. The van der Waals surface area contributed by atoms with Crippen LogP contribution in [0.2, 0.25) is 0 Å². The number of carbonyl (C=O) groups is 2. The van der Waals surface area contributed by atoms with Gasteiger partial charge in [-0.25, -0.2) is 4.79 Å². The summed E-state index contributed by atoms with van der Waals surface area (Å²) in [6, 6.07) is 1.78. The standard InChI is InChI=1S/C12H17NO4/c1-3-12(2,11(15)16)13-10(14)5-4-9-6-7-17-8-9/h6-8H,3-5H2,1-2H3,(H,13,14)(H,15,16). The fourth-order valence-electron chi connectivity index (χ4n) is 1.36. The van der Waals surface area contributed by atoms with Crippen LogP contribution in [0.25, 0.3) is 0 Å². The number of aliphatic carboxylic acids is 1. The van der Waals surface area contributed by atoms with Crippen molar-refractivity contribution in [3.63, 3.8) is 0 Å². The molecule has 0 fully saturated rings. The molecule has 1 aromatic heterocycles. The Morgan fingerprint density at radius 1 is 1.53 bits per heavy atom. The normalized spacial score (nSPS) is 14.0. The number of rotatable bonds is 6. The Bertz CT molecular complexity index is 385. The minimum absolute atomic E-state index is 0.252. The number of aryl methyl sites for hydroxylation is 1. The molecule has 1 rings (SSSR count). The van der Waals surface area contributed by atoms with Crippen LogP contribution in [0.3, 0.4) is 0 Å². The molecule has 1 amide bonds. The number of carboxylic acid groups (broad SMARTS) is 1. The second-order valence-electron chi connectivity index (χ2n) is 4.17. The van der Waals surface area contributed by atoms with Crippen molar-refractivity contribution in [2.75, 3.05) is 0 Å². The molecule has 17 heavy (non-hydrogen) atoms. The molecular formula is C12H17NO4. The average Bonchev–Trinajstić information content (AvgIpc) is 2.78. The van der Waals surface area contributed by atoms with E-state index >= 15 is 0 Å². The number of nitrogens with one attached hydrogen (secondary N) is 1. The van der Waals surface area contributed by atoms with Gasteiger partial charge in [0.15, 0.2) is 0 Å². The SMILES string of the molecule is CCC(C)(NC(=O)CCc1ccoc1)C(=O)O. The molecule has 1 atom stereocenters. The second-order valence-corrected chi connectivity index (χ2v) is 4.17. The summed E-state index contributed by atoms with van der Waals surface area (Å²) in [5, 5.41) is 11.5. The zero-order chi connectivity index (χ0) is 12.9. The Morgan fingerprint density at radius 2 is 2.24 bits per heavy atom. The van der Waals surface area contributed by atoms with Crippen molar-refractivity contribution < 1.29 is 19.1 Å². The van der Waals surface area contributed by atoms with Crippen LogP contribution >= 0.6 is 0 Å². The Morgan fingerprint density at radius 3 is 2.71 bits per heavy atom. The highest BCUT2D eigenvalue weighted by atomic mass is 16.4. The summed E-state index contributed by atoms with van der Waals surface area (Å²) in [6.07, 6.45) is 4.26. The minimum atomic E-state index is -1.19. The summed E-state index contributed by atoms with van der Waals surface area (Å²) in [5.41, 5.74) is -0.262. The molecule has 1 heterocycles. The van der Waals surface area contributed by atoms with Crippen LogP contribution in [0.4, 0.5) is 0 Å². The molecule has 0 aliphatic heterocycles. The summed E-state index contributed by atoms with van der Waals surface area (Å²) in [5.74, 6) is -1.28. The largest absolute Gasteiger partial charge is 0.480 e. The van der Waals surface area contributed by atoms with Crippen molar-refractivity contribution in [3.05, 3.63) is 24.2 Å². The van der Waals surface area contributed by atoms with Crippen molar-refractivity contribution >= 4 is 11.9 Å². The van der Waals surface area contributed by atoms with Gasteiger partial charge in [-0.15, -0.1) is 0 Å². The zero-order valence-electron chi connectivity index (χ0n) is 10.0. The van der Waals surface area contributed by atoms with E-state index in [1.54, 1.807) is 25.5 Å². The zero-order valence-corrected chi connectivity index (χ0v) is 10.0. The van der Waals surface area contributed by atoms with E-state index < -0.39 is 11.5 Å². The van der Waals surface area contributed by atoms with Crippen LogP contribution in [0.5, 0.6) is 0 Å². The van der Waals surface area contributed by atoms with E-state index in [-0.39, 0.29) is 12.3 Å². The molecule has 0 aromatic carbocycles. The highest BCUT2D eigenvalue weighted by Gasteiger charge is 2.32. The van der Waals surface area contributed by atoms with E-state index in [9.17, 15) is 9.59 Å². The highest BCUT2D eigenvalue weighted by Crippen LogP contribution is 2.10. The lowest BCUT2D eigenvalue weighted by Gasteiger charge is -2.24. The van der Waals surface area contributed by atoms with Crippen LogP contribution in [-0.2, 0) is 16.0 Å². The van der Waals surface area contributed by atoms with Gasteiger partial charge in [-0.05, 0) is 31.4 Å². The molecule has 2 N–H and O–H groups in total. The molecule has 0 aliphatic carbocycles. The van der Waals surface area contributed by atoms with Gasteiger partial charge in [0.1, 0.15) is 5.54 Å². The third-order valence-electron chi connectivity index (χ3n) is 2.82. The van der Waals surface area contributed by atoms with Crippen molar-refractivity contribution in [3.8, 4) is 0 Å². The van der Waals surface area contributed by atoms with Gasteiger partial charge < -0.3 is 14.8 Å². The van der Waals surface area contributed by atoms with Crippen molar-refractivity contribution in [1.29, 1.82) is 0 Å². The number of hydrogen-bond donors (Lipinski definition) is 2. The lowest BCUT2D eigenvalue weighted by Crippen LogP contribution is -2.51. The van der Waals surface area contributed by atoms with Gasteiger partial charge >= 0.3 is 5.97 Å². The number of furan rings is 1. The maximum absolute atomic E-state index is 11.6. The van der Waals surface area contributed by atoms with Gasteiger partial charge in [-0.2, -0.15) is 0 Å². The van der Waals surface area contributed by atoms with E-state index in [1.165, 1.54) is 6.92 Å². The van der Waals surface area contributed by atoms with Gasteiger partial charge in [0.25, 0.3) is 0 Å². The molecular weight excluding hydrogens is 222 g/mol. The molecule has 0 aliphatic rings. The molecule has 5 heteroatoms. The number of carboxylic acids is 1. The van der Waals surface area contributed by atoms with Crippen LogP contribution in [0.1, 0.15) is 32.3 Å². The predicted molar refractivity (Wildman–Crippen MR) is 61.5 cm³/mol. The Balaban J connectivity index is 2.46. The minimum Gasteiger partial charge on any atom is -0.480 e. The van der Waals surface area contributed by atoms with Gasteiger partial charge in [0.2, 0.25) is 5.91 Å². The molecule has 0 radical (unpaired) electrons. The van der Waals surface area contributed by atoms with Gasteiger partial charge in [0.05, 0.1) is 12.5 Å². The van der Waals surface area contributed by atoms with Crippen LogP contribution in [0.15, 0.2) is 23.0 Å². The quantitative estimate of drug-likeness (QED) is 0.789. The van der Waals surface area contributed by atoms with E-state index in [4.69, 9.17) is 9.52 Å². The number of carbonyl (C=O) groups excluding carboxylic acids is 1. The maximum atomic E-state index is 11.6. The van der Waals surface area contributed by atoms with E-state index in [2.05, 4.69) is 5.32 Å². The third-order valence-corrected chi connectivity index (χ3v) is 2.82. The molecule has 94 valence electrons. The summed E-state index contributed by atoms with van der Waals surface area (Å²) in [4.78, 5) is 22.6. The lowest BCUT2D eigenvalue weighted by atomic mass is 9.99. The van der Waals surface area contributed by atoms with Crippen molar-refractivity contribution in [1.82, 2.24) is 5.32 Å². The van der Waals surface area contributed by atoms with Crippen LogP contribution < -0.4 is 5.32 Å². The smallest absolute Gasteiger partial charge is 0.329 e. The Hall–Kier alpha value is -1.78. The van der Waals surface area contributed by atoms with Crippen molar-refractivity contribution in [2.45, 2.75) is 38.6 Å². The third kappa shape index (κ3) is 3.62. The monoisotopic (exact) mass is 239 g/mol. The Labute approximate surface area is 99.8 Å². The summed E-state index contributed by atoms with van der Waals surface area (Å²) in [6.45, 7) is 3.23. The molecule has 1 unspecified atom stereocenters. The van der Waals surface area contributed by atoms with Crippen LogP contribution in [0, 0.1) is 0 Å². The average molecular weight is 239 g/mol. The fraction of sp³-hybridized carbons (Fsp3) is 0.500. The predicted octanol–water partition coefficient (Wildman–Crippen LogP) is 1.58. The fourth-order valence-corrected chi connectivity index (χ4v) is 1.36. The molecule has 1 aromatic rings. The van der Waals surface area contributed by atoms with E-state index in [0.717, 1.165) is 5.56 Å². The van der Waals surface area contributed by atoms with Crippen molar-refractivity contribution in [2.24, 2.45) is 0 Å². The molecule has 0 saturated carbocycles. The first-order valence-corrected chi connectivity index (χ1v) is 5.53. The molecule has 5 nitrogen and oxygen atoms in total. The first-order valence-electron chi connectivity index (χ1n) is 5.53. The second kappa shape index (κ2) is 5.52. The lowest BCUT2D eigenvalue weighted by molar-refractivity contribution is -0.147. The van der Waals surface area contributed by atoms with Gasteiger partial charge in [-0.3, -0.25) is 4.79 Å². The van der Waals surface area contributed by atoms with Gasteiger partial charge in [-0.1, -0.05) is 6.92 Å². The number of hydrogen-bond acceptors (Lipinski definition) is 3. The molecule has 0 spiro atoms. The summed E-state index contributed by atoms with van der Waals surface area (Å²) < 4.78 is 4.88. The summed E-state index contributed by atoms with van der Waals surface area (Å²) >= 11 is 0. The first-order chi connectivity index (χ1) is 7.98.